The predicted octanol–water partition coefficient (Wildman–Crippen LogP) is 0.945. The first-order valence-electron chi connectivity index (χ1n) is 5.45. The van der Waals surface area contributed by atoms with Crippen LogP contribution in [0.2, 0.25) is 0 Å². The molecule has 1 amide bonds. The molecule has 0 aliphatic rings. The fourth-order valence-corrected chi connectivity index (χ4v) is 2.12. The van der Waals surface area contributed by atoms with Gasteiger partial charge in [-0.25, -0.2) is 0 Å². The van der Waals surface area contributed by atoms with Crippen molar-refractivity contribution in [3.05, 3.63) is 10.6 Å². The molecule has 0 unspecified atom stereocenters. The second-order valence-electron chi connectivity index (χ2n) is 3.41. The van der Waals surface area contributed by atoms with Gasteiger partial charge in [-0.2, -0.15) is 0 Å². The number of aliphatic hydroxyl groups excluding tert-OH is 1. The zero-order chi connectivity index (χ0) is 12.0. The van der Waals surface area contributed by atoms with E-state index in [4.69, 9.17) is 5.11 Å². The first kappa shape index (κ1) is 13.1. The number of rotatable bonds is 6. The molecule has 0 saturated carbocycles. The Hall–Kier alpha value is -1.01. The Morgan fingerprint density at radius 3 is 2.81 bits per heavy atom. The van der Waals surface area contributed by atoms with Gasteiger partial charge in [-0.3, -0.25) is 4.79 Å². The summed E-state index contributed by atoms with van der Waals surface area (Å²) in [6.45, 7) is 4.86. The van der Waals surface area contributed by atoms with Gasteiger partial charge < -0.3 is 10.0 Å². The Bertz CT molecular complexity index is 341. The molecule has 90 valence electrons. The summed E-state index contributed by atoms with van der Waals surface area (Å²) in [6, 6.07) is 0. The molecule has 0 aliphatic heterocycles. The molecule has 0 saturated heterocycles. The number of aromatic nitrogens is 2. The Kier molecular flexibility index (Phi) is 5.34. The molecule has 0 radical (unpaired) electrons. The SMILES string of the molecule is CCCc1nnsc1C(=O)N(CC)CCO. The van der Waals surface area contributed by atoms with E-state index in [-0.39, 0.29) is 12.5 Å². The average molecular weight is 243 g/mol. The lowest BCUT2D eigenvalue weighted by molar-refractivity contribution is 0.0735. The average Bonchev–Trinajstić information content (AvgIpc) is 2.73. The second kappa shape index (κ2) is 6.55. The topological polar surface area (TPSA) is 66.3 Å². The molecule has 0 aromatic carbocycles. The van der Waals surface area contributed by atoms with Gasteiger partial charge in [0.2, 0.25) is 0 Å². The van der Waals surface area contributed by atoms with E-state index in [0.717, 1.165) is 30.1 Å². The number of aryl methyl sites for hydroxylation is 1. The van der Waals surface area contributed by atoms with E-state index in [0.29, 0.717) is 18.0 Å². The highest BCUT2D eigenvalue weighted by molar-refractivity contribution is 7.07. The van der Waals surface area contributed by atoms with E-state index in [1.807, 2.05) is 13.8 Å². The molecule has 0 fully saturated rings. The van der Waals surface area contributed by atoms with Gasteiger partial charge in [0.15, 0.2) is 0 Å². The molecule has 5 nitrogen and oxygen atoms in total. The molecule has 0 bridgehead atoms. The zero-order valence-corrected chi connectivity index (χ0v) is 10.5. The number of carbonyl (C=O) groups excluding carboxylic acids is 1. The van der Waals surface area contributed by atoms with Crippen LogP contribution < -0.4 is 0 Å². The fourth-order valence-electron chi connectivity index (χ4n) is 1.44. The van der Waals surface area contributed by atoms with Crippen LogP contribution in [-0.4, -0.2) is 45.2 Å². The van der Waals surface area contributed by atoms with Crippen molar-refractivity contribution in [3.8, 4) is 0 Å². The molecule has 1 heterocycles. The molecule has 0 spiro atoms. The smallest absolute Gasteiger partial charge is 0.267 e. The Morgan fingerprint density at radius 1 is 1.50 bits per heavy atom. The zero-order valence-electron chi connectivity index (χ0n) is 9.64. The number of nitrogens with zero attached hydrogens (tertiary/aromatic N) is 3. The second-order valence-corrected chi connectivity index (χ2v) is 4.16. The van der Waals surface area contributed by atoms with E-state index < -0.39 is 0 Å². The highest BCUT2D eigenvalue weighted by Crippen LogP contribution is 2.15. The maximum Gasteiger partial charge on any atom is 0.267 e. The van der Waals surface area contributed by atoms with Crippen molar-refractivity contribution in [1.29, 1.82) is 0 Å². The summed E-state index contributed by atoms with van der Waals surface area (Å²) in [6.07, 6.45) is 1.71. The van der Waals surface area contributed by atoms with E-state index in [1.54, 1.807) is 4.90 Å². The number of carbonyl (C=O) groups is 1. The third-order valence-corrected chi connectivity index (χ3v) is 3.03. The molecule has 6 heteroatoms. The molecule has 0 atom stereocenters. The minimum atomic E-state index is -0.0741. The maximum absolute atomic E-state index is 12.1. The van der Waals surface area contributed by atoms with Gasteiger partial charge in [-0.05, 0) is 24.9 Å². The fraction of sp³-hybridized carbons (Fsp3) is 0.700. The largest absolute Gasteiger partial charge is 0.395 e. The molecule has 1 N–H and O–H groups in total. The normalized spacial score (nSPS) is 10.4. The molecule has 16 heavy (non-hydrogen) atoms. The summed E-state index contributed by atoms with van der Waals surface area (Å²) in [7, 11) is 0. The number of hydrogen-bond acceptors (Lipinski definition) is 5. The van der Waals surface area contributed by atoms with Gasteiger partial charge >= 0.3 is 0 Å². The van der Waals surface area contributed by atoms with Crippen LogP contribution in [0.15, 0.2) is 0 Å². The quantitative estimate of drug-likeness (QED) is 0.807. The van der Waals surface area contributed by atoms with E-state index in [2.05, 4.69) is 9.59 Å². The van der Waals surface area contributed by atoms with Crippen LogP contribution in [0.5, 0.6) is 0 Å². The maximum atomic E-state index is 12.1. The standard InChI is InChI=1S/C10H17N3O2S/c1-3-5-8-9(16-12-11-8)10(15)13(4-2)6-7-14/h14H,3-7H2,1-2H3. The van der Waals surface area contributed by atoms with Gasteiger partial charge in [0, 0.05) is 13.1 Å². The van der Waals surface area contributed by atoms with Crippen LogP contribution in [0.1, 0.15) is 35.6 Å². The first-order chi connectivity index (χ1) is 7.74. The number of amides is 1. The van der Waals surface area contributed by atoms with Gasteiger partial charge in [0.1, 0.15) is 4.88 Å². The number of likely N-dealkylation sites (N-methyl/N-ethyl adjacent to an activating group) is 1. The molecule has 1 aromatic rings. The summed E-state index contributed by atoms with van der Waals surface area (Å²) in [5.74, 6) is -0.0741. The molecule has 1 rings (SSSR count). The summed E-state index contributed by atoms with van der Waals surface area (Å²) >= 11 is 1.13. The van der Waals surface area contributed by atoms with E-state index >= 15 is 0 Å². The van der Waals surface area contributed by atoms with Crippen molar-refractivity contribution < 1.29 is 9.90 Å². The van der Waals surface area contributed by atoms with E-state index in [1.165, 1.54) is 0 Å². The van der Waals surface area contributed by atoms with E-state index in [9.17, 15) is 4.79 Å². The van der Waals surface area contributed by atoms with Crippen molar-refractivity contribution in [3.63, 3.8) is 0 Å². The molecular formula is C10H17N3O2S. The first-order valence-corrected chi connectivity index (χ1v) is 6.23. The van der Waals surface area contributed by atoms with Gasteiger partial charge in [-0.15, -0.1) is 5.10 Å². The molecular weight excluding hydrogens is 226 g/mol. The lowest BCUT2D eigenvalue weighted by atomic mass is 10.2. The van der Waals surface area contributed by atoms with Crippen molar-refractivity contribution in [2.24, 2.45) is 0 Å². The van der Waals surface area contributed by atoms with Gasteiger partial charge in [0.25, 0.3) is 5.91 Å². The van der Waals surface area contributed by atoms with Gasteiger partial charge in [0.05, 0.1) is 12.3 Å². The predicted molar refractivity (Wildman–Crippen MR) is 62.6 cm³/mol. The highest BCUT2D eigenvalue weighted by atomic mass is 32.1. The summed E-state index contributed by atoms with van der Waals surface area (Å²) < 4.78 is 3.82. The number of aliphatic hydroxyl groups is 1. The third-order valence-electron chi connectivity index (χ3n) is 2.28. The minimum absolute atomic E-state index is 0.0189. The van der Waals surface area contributed by atoms with Crippen LogP contribution >= 0.6 is 11.5 Å². The highest BCUT2D eigenvalue weighted by Gasteiger charge is 2.20. The molecule has 1 aromatic heterocycles. The van der Waals surface area contributed by atoms with Crippen LogP contribution in [-0.2, 0) is 6.42 Å². The summed E-state index contributed by atoms with van der Waals surface area (Å²) in [5.41, 5.74) is 0.772. The Labute approximate surface area is 99.3 Å². The van der Waals surface area contributed by atoms with Crippen LogP contribution in [0.3, 0.4) is 0 Å². The summed E-state index contributed by atoms with van der Waals surface area (Å²) in [5, 5.41) is 12.8. The van der Waals surface area contributed by atoms with Crippen LogP contribution in [0.4, 0.5) is 0 Å². The lowest BCUT2D eigenvalue weighted by Gasteiger charge is -2.18. The Balaban J connectivity index is 2.81. The van der Waals surface area contributed by atoms with Crippen molar-refractivity contribution in [2.75, 3.05) is 19.7 Å². The van der Waals surface area contributed by atoms with Crippen molar-refractivity contribution in [1.82, 2.24) is 14.5 Å². The van der Waals surface area contributed by atoms with Crippen LogP contribution in [0.25, 0.3) is 0 Å². The lowest BCUT2D eigenvalue weighted by Crippen LogP contribution is -2.33. The van der Waals surface area contributed by atoms with Crippen LogP contribution in [0, 0.1) is 0 Å². The van der Waals surface area contributed by atoms with Crippen molar-refractivity contribution in [2.45, 2.75) is 26.7 Å². The monoisotopic (exact) mass is 243 g/mol. The Morgan fingerprint density at radius 2 is 2.25 bits per heavy atom. The third kappa shape index (κ3) is 2.99. The summed E-state index contributed by atoms with van der Waals surface area (Å²) in [4.78, 5) is 14.3. The molecule has 0 aliphatic carbocycles. The minimum Gasteiger partial charge on any atom is -0.395 e. The van der Waals surface area contributed by atoms with Gasteiger partial charge in [-0.1, -0.05) is 17.8 Å². The number of hydrogen-bond donors (Lipinski definition) is 1. The van der Waals surface area contributed by atoms with Crippen molar-refractivity contribution >= 4 is 17.4 Å².